The van der Waals surface area contributed by atoms with Crippen molar-refractivity contribution >= 4 is 11.8 Å². The predicted octanol–water partition coefficient (Wildman–Crippen LogP) is 2.14. The molecule has 1 aliphatic heterocycles. The lowest BCUT2D eigenvalue weighted by molar-refractivity contribution is 0.344. The molecule has 0 aromatic heterocycles. The summed E-state index contributed by atoms with van der Waals surface area (Å²) in [6.45, 7) is 8.66. The van der Waals surface area contributed by atoms with Crippen LogP contribution in [0.5, 0.6) is 0 Å². The number of hydrogen-bond acceptors (Lipinski definition) is 4. The average Bonchev–Trinajstić information content (AvgIpc) is 2.30. The van der Waals surface area contributed by atoms with Crippen LogP contribution in [0.1, 0.15) is 27.7 Å². The number of ether oxygens (including phenoxy) is 2. The van der Waals surface area contributed by atoms with Gasteiger partial charge in [-0.3, -0.25) is 0 Å². The Morgan fingerprint density at radius 1 is 1.20 bits per heavy atom. The fraction of sp³-hybridized carbons (Fsp3) is 0.818. The van der Waals surface area contributed by atoms with E-state index in [1.165, 1.54) is 0 Å². The average molecular weight is 214 g/mol. The van der Waals surface area contributed by atoms with Gasteiger partial charge in [-0.05, 0) is 5.92 Å². The fourth-order valence-corrected chi connectivity index (χ4v) is 1.23. The monoisotopic (exact) mass is 214 g/mol. The molecule has 0 N–H and O–H groups in total. The lowest BCUT2D eigenvalue weighted by Crippen LogP contribution is -2.32. The zero-order valence-electron chi connectivity index (χ0n) is 10.6. The first-order valence-electron chi connectivity index (χ1n) is 5.38. The quantitative estimate of drug-likeness (QED) is 0.671. The van der Waals surface area contributed by atoms with E-state index in [-0.39, 0.29) is 6.04 Å². The van der Waals surface area contributed by atoms with Crippen molar-refractivity contribution in [3.8, 4) is 0 Å². The van der Waals surface area contributed by atoms with Crippen LogP contribution in [0.3, 0.4) is 0 Å². The van der Waals surface area contributed by atoms with E-state index < -0.39 is 0 Å². The van der Waals surface area contributed by atoms with E-state index in [1.54, 1.807) is 14.2 Å². The Labute approximate surface area is 92.4 Å². The smallest absolute Gasteiger partial charge is 0.209 e. The second-order valence-electron chi connectivity index (χ2n) is 3.27. The molecule has 1 atom stereocenters. The van der Waals surface area contributed by atoms with Gasteiger partial charge in [0.1, 0.15) is 12.6 Å². The van der Waals surface area contributed by atoms with Crippen LogP contribution in [0.4, 0.5) is 0 Å². The molecule has 0 spiro atoms. The first-order chi connectivity index (χ1) is 7.19. The lowest BCUT2D eigenvalue weighted by Gasteiger charge is -2.22. The number of hydrogen-bond donors (Lipinski definition) is 0. The summed E-state index contributed by atoms with van der Waals surface area (Å²) in [5.74, 6) is 1.76. The molecule has 0 unspecified atom stereocenters. The van der Waals surface area contributed by atoms with E-state index in [0.29, 0.717) is 24.3 Å². The van der Waals surface area contributed by atoms with Gasteiger partial charge in [-0.1, -0.05) is 27.7 Å². The van der Waals surface area contributed by atoms with Crippen molar-refractivity contribution in [2.24, 2.45) is 15.9 Å². The Morgan fingerprint density at radius 2 is 1.80 bits per heavy atom. The standard InChI is InChI=1S/C9H16N2O2.C2H6/c1-6(2)8-9(13-4)10-5-7(11-8)12-3;1-2/h6,8H,5H2,1-4H3;1-2H3/t8-;/m1./s1. The normalized spacial score (nSPS) is 19.8. The zero-order valence-corrected chi connectivity index (χ0v) is 10.6. The second-order valence-corrected chi connectivity index (χ2v) is 3.27. The molecule has 1 heterocycles. The second kappa shape index (κ2) is 7.26. The molecule has 88 valence electrons. The van der Waals surface area contributed by atoms with Crippen molar-refractivity contribution in [1.82, 2.24) is 0 Å². The van der Waals surface area contributed by atoms with Crippen LogP contribution in [0, 0.1) is 5.92 Å². The maximum absolute atomic E-state index is 5.15. The van der Waals surface area contributed by atoms with Crippen LogP contribution < -0.4 is 0 Å². The summed E-state index contributed by atoms with van der Waals surface area (Å²) in [6, 6.07) is 0.00806. The number of aliphatic imine (C=N–C) groups is 2. The van der Waals surface area contributed by atoms with Crippen molar-refractivity contribution in [2.45, 2.75) is 33.7 Å². The Morgan fingerprint density at radius 3 is 2.20 bits per heavy atom. The Bertz CT molecular complexity index is 235. The maximum atomic E-state index is 5.15. The molecule has 1 rings (SSSR count). The van der Waals surface area contributed by atoms with E-state index in [9.17, 15) is 0 Å². The van der Waals surface area contributed by atoms with E-state index in [4.69, 9.17) is 9.47 Å². The maximum Gasteiger partial charge on any atom is 0.209 e. The van der Waals surface area contributed by atoms with E-state index in [2.05, 4.69) is 23.8 Å². The molecule has 0 bridgehead atoms. The minimum Gasteiger partial charge on any atom is -0.483 e. The van der Waals surface area contributed by atoms with Crippen LogP contribution >= 0.6 is 0 Å². The topological polar surface area (TPSA) is 43.2 Å². The van der Waals surface area contributed by atoms with Gasteiger partial charge in [0.05, 0.1) is 14.2 Å². The fourth-order valence-electron chi connectivity index (χ4n) is 1.23. The summed E-state index contributed by atoms with van der Waals surface area (Å²) in [7, 11) is 3.24. The molecular formula is C11H22N2O2. The molecular weight excluding hydrogens is 192 g/mol. The van der Waals surface area contributed by atoms with Gasteiger partial charge in [-0.2, -0.15) is 0 Å². The van der Waals surface area contributed by atoms with Gasteiger partial charge in [-0.15, -0.1) is 0 Å². The molecule has 0 radical (unpaired) electrons. The van der Waals surface area contributed by atoms with Crippen molar-refractivity contribution in [2.75, 3.05) is 20.8 Å². The SMILES string of the molecule is CC.COC1=N[C@H](C(C)C)C(OC)=NC1. The number of methoxy groups -OCH3 is 2. The van der Waals surface area contributed by atoms with Crippen molar-refractivity contribution < 1.29 is 9.47 Å². The highest BCUT2D eigenvalue weighted by Crippen LogP contribution is 2.13. The molecule has 0 saturated heterocycles. The Balaban J connectivity index is 0.000000921. The minimum absolute atomic E-state index is 0.00806. The summed E-state index contributed by atoms with van der Waals surface area (Å²) in [5.41, 5.74) is 0. The van der Waals surface area contributed by atoms with E-state index in [0.717, 1.165) is 0 Å². The third-order valence-corrected chi connectivity index (χ3v) is 1.98. The van der Waals surface area contributed by atoms with Crippen molar-refractivity contribution in [3.63, 3.8) is 0 Å². The third kappa shape index (κ3) is 3.90. The highest BCUT2D eigenvalue weighted by atomic mass is 16.5. The van der Waals surface area contributed by atoms with Crippen molar-refractivity contribution in [3.05, 3.63) is 0 Å². The Hall–Kier alpha value is -1.06. The number of nitrogens with zero attached hydrogens (tertiary/aromatic N) is 2. The van der Waals surface area contributed by atoms with Crippen LogP contribution in [-0.4, -0.2) is 38.6 Å². The van der Waals surface area contributed by atoms with Gasteiger partial charge in [0, 0.05) is 0 Å². The molecule has 0 amide bonds. The van der Waals surface area contributed by atoms with Crippen molar-refractivity contribution in [1.29, 1.82) is 0 Å². The van der Waals surface area contributed by atoms with Gasteiger partial charge in [-0.25, -0.2) is 9.98 Å². The first kappa shape index (κ1) is 13.9. The summed E-state index contributed by atoms with van der Waals surface area (Å²) in [5, 5.41) is 0. The van der Waals surface area contributed by atoms with Crippen LogP contribution in [-0.2, 0) is 9.47 Å². The van der Waals surface area contributed by atoms with Crippen LogP contribution in [0.2, 0.25) is 0 Å². The number of rotatable bonds is 1. The van der Waals surface area contributed by atoms with Crippen LogP contribution in [0.25, 0.3) is 0 Å². The Kier molecular flexibility index (Phi) is 6.75. The van der Waals surface area contributed by atoms with Gasteiger partial charge >= 0.3 is 0 Å². The first-order valence-corrected chi connectivity index (χ1v) is 5.38. The predicted molar refractivity (Wildman–Crippen MR) is 63.7 cm³/mol. The minimum atomic E-state index is 0.00806. The molecule has 0 fully saturated rings. The van der Waals surface area contributed by atoms with E-state index >= 15 is 0 Å². The molecule has 0 aromatic carbocycles. The summed E-state index contributed by atoms with van der Waals surface area (Å²) in [4.78, 5) is 8.63. The van der Waals surface area contributed by atoms with Gasteiger partial charge in [0.15, 0.2) is 0 Å². The van der Waals surface area contributed by atoms with Crippen LogP contribution in [0.15, 0.2) is 9.98 Å². The molecule has 0 aromatic rings. The zero-order chi connectivity index (χ0) is 11.8. The molecule has 1 aliphatic rings. The highest BCUT2D eigenvalue weighted by Gasteiger charge is 2.24. The molecule has 15 heavy (non-hydrogen) atoms. The molecule has 4 nitrogen and oxygen atoms in total. The third-order valence-electron chi connectivity index (χ3n) is 1.98. The van der Waals surface area contributed by atoms with Gasteiger partial charge in [0.2, 0.25) is 11.8 Å². The molecule has 0 saturated carbocycles. The highest BCUT2D eigenvalue weighted by molar-refractivity contribution is 5.91. The summed E-state index contributed by atoms with van der Waals surface area (Å²) >= 11 is 0. The summed E-state index contributed by atoms with van der Waals surface area (Å²) < 4.78 is 10.2. The molecule has 4 heteroatoms. The van der Waals surface area contributed by atoms with Gasteiger partial charge in [0.25, 0.3) is 0 Å². The summed E-state index contributed by atoms with van der Waals surface area (Å²) in [6.07, 6.45) is 0. The van der Waals surface area contributed by atoms with Gasteiger partial charge < -0.3 is 9.47 Å². The largest absolute Gasteiger partial charge is 0.483 e. The van der Waals surface area contributed by atoms with E-state index in [1.807, 2.05) is 13.8 Å². The molecule has 0 aliphatic carbocycles. The lowest BCUT2D eigenvalue weighted by atomic mass is 10.0.